The molecule has 0 saturated carbocycles. The van der Waals surface area contributed by atoms with Crippen molar-refractivity contribution in [3.63, 3.8) is 0 Å². The summed E-state index contributed by atoms with van der Waals surface area (Å²) in [7, 11) is 0. The van der Waals surface area contributed by atoms with Crippen LogP contribution in [0.3, 0.4) is 0 Å². The number of urea groups is 1. The van der Waals surface area contributed by atoms with Gasteiger partial charge in [0.2, 0.25) is 5.91 Å². The van der Waals surface area contributed by atoms with Crippen LogP contribution in [0.1, 0.15) is 37.4 Å². The van der Waals surface area contributed by atoms with Crippen molar-refractivity contribution in [1.29, 1.82) is 0 Å². The third kappa shape index (κ3) is 3.60. The van der Waals surface area contributed by atoms with Gasteiger partial charge in [0.1, 0.15) is 12.1 Å². The molecule has 2 aromatic rings. The van der Waals surface area contributed by atoms with Gasteiger partial charge in [0, 0.05) is 5.02 Å². The largest absolute Gasteiger partial charge is 0.348 e. The van der Waals surface area contributed by atoms with E-state index in [9.17, 15) is 14.4 Å². The molecule has 2 atom stereocenters. The molecule has 1 heterocycles. The van der Waals surface area contributed by atoms with Crippen molar-refractivity contribution < 1.29 is 14.4 Å². The highest BCUT2D eigenvalue weighted by atomic mass is 35.5. The average Bonchev–Trinajstić information content (AvgIpc) is 2.94. The van der Waals surface area contributed by atoms with Crippen molar-refractivity contribution in [1.82, 2.24) is 15.5 Å². The zero-order valence-electron chi connectivity index (χ0n) is 15.7. The summed E-state index contributed by atoms with van der Waals surface area (Å²) in [6.07, 6.45) is 0.385. The molecule has 0 aliphatic carbocycles. The van der Waals surface area contributed by atoms with E-state index >= 15 is 0 Å². The number of hydrogen-bond acceptors (Lipinski definition) is 3. The molecule has 2 N–H and O–H groups in total. The van der Waals surface area contributed by atoms with Crippen molar-refractivity contribution in [2.75, 3.05) is 6.54 Å². The summed E-state index contributed by atoms with van der Waals surface area (Å²) in [5.74, 6) is -0.859. The molecule has 0 bridgehead atoms. The first-order valence-corrected chi connectivity index (χ1v) is 9.50. The first-order valence-electron chi connectivity index (χ1n) is 9.12. The second-order valence-electron chi connectivity index (χ2n) is 6.76. The number of imide groups is 1. The fraction of sp³-hybridized carbons (Fsp3) is 0.286. The van der Waals surface area contributed by atoms with Gasteiger partial charge in [-0.15, -0.1) is 0 Å². The van der Waals surface area contributed by atoms with E-state index in [1.165, 1.54) is 0 Å². The Morgan fingerprint density at radius 2 is 1.79 bits per heavy atom. The summed E-state index contributed by atoms with van der Waals surface area (Å²) in [5.41, 5.74) is 0.317. The second-order valence-corrected chi connectivity index (χ2v) is 7.16. The molecule has 1 fully saturated rings. The Hall–Kier alpha value is -2.86. The molecule has 0 spiro atoms. The summed E-state index contributed by atoms with van der Waals surface area (Å²) in [6, 6.07) is 15.3. The number of benzene rings is 2. The van der Waals surface area contributed by atoms with E-state index in [1.54, 1.807) is 25.1 Å². The van der Waals surface area contributed by atoms with Gasteiger partial charge in [-0.3, -0.25) is 14.5 Å². The number of halogens is 1. The minimum Gasteiger partial charge on any atom is -0.348 e. The second kappa shape index (κ2) is 8.02. The van der Waals surface area contributed by atoms with Crippen LogP contribution in [-0.2, 0) is 15.1 Å². The lowest BCUT2D eigenvalue weighted by Crippen LogP contribution is -2.45. The molecule has 3 rings (SSSR count). The van der Waals surface area contributed by atoms with Crippen molar-refractivity contribution in [3.8, 4) is 0 Å². The molecule has 0 aromatic heterocycles. The first kappa shape index (κ1) is 19.9. The summed E-state index contributed by atoms with van der Waals surface area (Å²) in [6.45, 7) is 3.27. The molecule has 4 amide bonds. The Kier molecular flexibility index (Phi) is 5.70. The summed E-state index contributed by atoms with van der Waals surface area (Å²) in [4.78, 5) is 39.0. The molecule has 2 aromatic carbocycles. The summed E-state index contributed by atoms with van der Waals surface area (Å²) in [5, 5.41) is 6.10. The summed E-state index contributed by atoms with van der Waals surface area (Å²) < 4.78 is 0. The normalized spacial score (nSPS) is 20.0. The number of nitrogens with zero attached hydrogens (tertiary/aromatic N) is 1. The maximum Gasteiger partial charge on any atom is 0.325 e. The average molecular weight is 400 g/mol. The maximum atomic E-state index is 13.1. The Labute approximate surface area is 168 Å². The lowest BCUT2D eigenvalue weighted by Gasteiger charge is -2.25. The van der Waals surface area contributed by atoms with Crippen molar-refractivity contribution >= 4 is 29.4 Å². The molecular formula is C21H22ClN3O3. The quantitative estimate of drug-likeness (QED) is 0.731. The van der Waals surface area contributed by atoms with Gasteiger partial charge in [0.05, 0.1) is 6.04 Å². The lowest BCUT2D eigenvalue weighted by molar-refractivity contribution is -0.135. The van der Waals surface area contributed by atoms with Gasteiger partial charge >= 0.3 is 6.03 Å². The molecule has 0 unspecified atom stereocenters. The number of nitrogens with one attached hydrogen (secondary N) is 2. The maximum absolute atomic E-state index is 13.1. The van der Waals surface area contributed by atoms with Crippen LogP contribution in [0.4, 0.5) is 4.79 Å². The first-order chi connectivity index (χ1) is 13.4. The number of carbonyl (C=O) groups excluding carboxylic acids is 3. The highest BCUT2D eigenvalue weighted by molar-refractivity contribution is 6.31. The molecule has 28 heavy (non-hydrogen) atoms. The highest BCUT2D eigenvalue weighted by Gasteiger charge is 2.51. The van der Waals surface area contributed by atoms with E-state index < -0.39 is 23.4 Å². The fourth-order valence-electron chi connectivity index (χ4n) is 3.47. The van der Waals surface area contributed by atoms with Gasteiger partial charge in [0.15, 0.2) is 0 Å². The van der Waals surface area contributed by atoms with Gasteiger partial charge < -0.3 is 10.6 Å². The predicted octanol–water partition coefficient (Wildman–Crippen LogP) is 3.37. The number of amides is 4. The smallest absolute Gasteiger partial charge is 0.325 e. The van der Waals surface area contributed by atoms with E-state index in [0.717, 1.165) is 10.5 Å². The number of hydrogen-bond donors (Lipinski definition) is 2. The van der Waals surface area contributed by atoms with E-state index in [0.29, 0.717) is 17.0 Å². The molecule has 7 heteroatoms. The SMILES string of the molecule is CC[C@]1(c2ccccc2)NC(=O)N(CC(=O)N[C@@H](C)c2ccccc2Cl)C1=O. The van der Waals surface area contributed by atoms with Crippen LogP contribution in [0, 0.1) is 0 Å². The van der Waals surface area contributed by atoms with Crippen LogP contribution in [-0.4, -0.2) is 29.3 Å². The van der Waals surface area contributed by atoms with E-state index in [4.69, 9.17) is 11.6 Å². The zero-order chi connectivity index (χ0) is 20.3. The van der Waals surface area contributed by atoms with Gasteiger partial charge in [0.25, 0.3) is 5.91 Å². The van der Waals surface area contributed by atoms with Crippen LogP contribution in [0.5, 0.6) is 0 Å². The van der Waals surface area contributed by atoms with E-state index in [-0.39, 0.29) is 12.6 Å². The topological polar surface area (TPSA) is 78.5 Å². The standard InChI is InChI=1S/C21H22ClN3O3/c1-3-21(15-9-5-4-6-10-15)19(27)25(20(28)24-21)13-18(26)23-14(2)16-11-7-8-12-17(16)22/h4-12,14H,3,13H2,1-2H3,(H,23,26)(H,24,28)/t14-,21+/m0/s1. The van der Waals surface area contributed by atoms with Gasteiger partial charge in [-0.1, -0.05) is 67.1 Å². The molecular weight excluding hydrogens is 378 g/mol. The Balaban J connectivity index is 1.74. The Morgan fingerprint density at radius 3 is 2.43 bits per heavy atom. The number of carbonyl (C=O) groups is 3. The fourth-order valence-corrected chi connectivity index (χ4v) is 3.77. The van der Waals surface area contributed by atoms with E-state index in [2.05, 4.69) is 10.6 Å². The van der Waals surface area contributed by atoms with Crippen LogP contribution < -0.4 is 10.6 Å². The molecule has 0 radical (unpaired) electrons. The van der Waals surface area contributed by atoms with E-state index in [1.807, 2.05) is 43.3 Å². The molecule has 146 valence electrons. The Bertz CT molecular complexity index is 903. The minimum absolute atomic E-state index is 0.353. The number of rotatable bonds is 6. The monoisotopic (exact) mass is 399 g/mol. The van der Waals surface area contributed by atoms with Gasteiger partial charge in [-0.25, -0.2) is 4.79 Å². The van der Waals surface area contributed by atoms with Crippen LogP contribution in [0.25, 0.3) is 0 Å². The molecule has 1 aliphatic heterocycles. The molecule has 1 saturated heterocycles. The lowest BCUT2D eigenvalue weighted by atomic mass is 9.87. The highest BCUT2D eigenvalue weighted by Crippen LogP contribution is 2.32. The zero-order valence-corrected chi connectivity index (χ0v) is 16.5. The third-order valence-corrected chi connectivity index (χ3v) is 5.37. The molecule has 1 aliphatic rings. The third-order valence-electron chi connectivity index (χ3n) is 5.02. The van der Waals surface area contributed by atoms with Crippen molar-refractivity contribution in [3.05, 3.63) is 70.7 Å². The van der Waals surface area contributed by atoms with Crippen LogP contribution in [0.2, 0.25) is 5.02 Å². The molecule has 6 nitrogen and oxygen atoms in total. The van der Waals surface area contributed by atoms with Crippen LogP contribution in [0.15, 0.2) is 54.6 Å². The van der Waals surface area contributed by atoms with Crippen molar-refractivity contribution in [2.45, 2.75) is 31.8 Å². The van der Waals surface area contributed by atoms with Gasteiger partial charge in [-0.05, 0) is 30.5 Å². The van der Waals surface area contributed by atoms with Gasteiger partial charge in [-0.2, -0.15) is 0 Å². The van der Waals surface area contributed by atoms with Crippen LogP contribution >= 0.6 is 11.6 Å². The van der Waals surface area contributed by atoms with Crippen molar-refractivity contribution in [2.24, 2.45) is 0 Å². The minimum atomic E-state index is -1.15. The Morgan fingerprint density at radius 1 is 1.14 bits per heavy atom. The predicted molar refractivity (Wildman–Crippen MR) is 107 cm³/mol. The summed E-state index contributed by atoms with van der Waals surface area (Å²) >= 11 is 6.16.